The van der Waals surface area contributed by atoms with Crippen LogP contribution in [0, 0.1) is 23.0 Å². The van der Waals surface area contributed by atoms with Crippen molar-refractivity contribution in [2.24, 2.45) is 11.3 Å². The molecule has 2 rings (SSSR count). The molecular weight excluding hydrogens is 344 g/mol. The average molecular weight is 369 g/mol. The first-order valence-electron chi connectivity index (χ1n) is 8.42. The summed E-state index contributed by atoms with van der Waals surface area (Å²) in [4.78, 5) is 4.04. The molecule has 0 fully saturated rings. The first-order chi connectivity index (χ1) is 11.8. The highest BCUT2D eigenvalue weighted by molar-refractivity contribution is 7.80. The minimum Gasteiger partial charge on any atom is -0.491 e. The highest BCUT2D eigenvalue weighted by Gasteiger charge is 2.25. The van der Waals surface area contributed by atoms with Gasteiger partial charge in [-0.15, -0.1) is 12.6 Å². The molecule has 0 radical (unpaired) electrons. The quantitative estimate of drug-likeness (QED) is 0.539. The predicted molar refractivity (Wildman–Crippen MR) is 95.9 cm³/mol. The third kappa shape index (κ3) is 5.99. The fourth-order valence-electron chi connectivity index (χ4n) is 2.66. The lowest BCUT2D eigenvalue weighted by atomic mass is 9.78. The molecule has 0 aliphatic rings. The van der Waals surface area contributed by atoms with E-state index in [1.807, 2.05) is 4.68 Å². The van der Waals surface area contributed by atoms with Gasteiger partial charge in [0.05, 0.1) is 6.61 Å². The highest BCUT2D eigenvalue weighted by Crippen LogP contribution is 2.32. The molecule has 25 heavy (non-hydrogen) atoms. The molecule has 0 aliphatic carbocycles. The zero-order chi connectivity index (χ0) is 18.4. The van der Waals surface area contributed by atoms with Crippen LogP contribution < -0.4 is 4.74 Å². The maximum Gasteiger partial charge on any atom is 0.182 e. The molecule has 2 aromatic rings. The Morgan fingerprint density at radius 2 is 2.00 bits per heavy atom. The first kappa shape index (κ1) is 19.7. The van der Waals surface area contributed by atoms with Crippen molar-refractivity contribution in [2.45, 2.75) is 51.7 Å². The van der Waals surface area contributed by atoms with Crippen LogP contribution in [0.25, 0.3) is 0 Å². The summed E-state index contributed by atoms with van der Waals surface area (Å²) in [6.07, 6.45) is 4.24. The molecule has 1 unspecified atom stereocenters. The van der Waals surface area contributed by atoms with Gasteiger partial charge in [0.15, 0.2) is 16.7 Å². The maximum atomic E-state index is 13.5. The molecule has 1 atom stereocenters. The second-order valence-electron chi connectivity index (χ2n) is 7.22. The molecular formula is C18H25F2N3OS. The minimum atomic E-state index is -0.667. The number of hydrogen-bond acceptors (Lipinski definition) is 4. The third-order valence-corrected chi connectivity index (χ3v) is 4.66. The Balaban J connectivity index is 1.80. The Morgan fingerprint density at radius 1 is 1.24 bits per heavy atom. The number of unbranched alkanes of at least 4 members (excludes halogenated alkanes) is 1. The van der Waals surface area contributed by atoms with E-state index in [0.29, 0.717) is 17.7 Å². The Bertz CT molecular complexity index is 685. The lowest BCUT2D eigenvalue weighted by molar-refractivity contribution is 0.178. The van der Waals surface area contributed by atoms with Crippen molar-refractivity contribution >= 4 is 12.6 Å². The van der Waals surface area contributed by atoms with Crippen molar-refractivity contribution in [3.63, 3.8) is 0 Å². The van der Waals surface area contributed by atoms with Gasteiger partial charge in [-0.05, 0) is 42.7 Å². The molecule has 0 amide bonds. The molecule has 0 spiro atoms. The van der Waals surface area contributed by atoms with Crippen LogP contribution in [0.4, 0.5) is 8.78 Å². The number of aromatic nitrogens is 3. The van der Waals surface area contributed by atoms with E-state index in [0.717, 1.165) is 31.9 Å². The molecule has 1 aromatic carbocycles. The summed E-state index contributed by atoms with van der Waals surface area (Å²) in [6.45, 7) is 7.78. The Hall–Kier alpha value is -1.63. The monoisotopic (exact) mass is 369 g/mol. The number of hydrogen-bond donors (Lipinski definition) is 1. The lowest BCUT2D eigenvalue weighted by Gasteiger charge is -2.31. The Kier molecular flexibility index (Phi) is 6.81. The fourth-order valence-corrected chi connectivity index (χ4v) is 2.85. The van der Waals surface area contributed by atoms with E-state index in [-0.39, 0.29) is 11.2 Å². The largest absolute Gasteiger partial charge is 0.491 e. The molecule has 0 bridgehead atoms. The summed E-state index contributed by atoms with van der Waals surface area (Å²) in [5.74, 6) is -0.770. The normalized spacial score (nSPS) is 13.0. The zero-order valence-electron chi connectivity index (χ0n) is 14.9. The van der Waals surface area contributed by atoms with Gasteiger partial charge in [0, 0.05) is 12.6 Å². The summed E-state index contributed by atoms with van der Waals surface area (Å²) in [7, 11) is 0. The van der Waals surface area contributed by atoms with E-state index in [1.165, 1.54) is 18.5 Å². The molecule has 138 valence electrons. The van der Waals surface area contributed by atoms with E-state index in [2.05, 4.69) is 43.5 Å². The molecule has 7 heteroatoms. The number of rotatable bonds is 8. The summed E-state index contributed by atoms with van der Waals surface area (Å²) >= 11 is 4.31. The van der Waals surface area contributed by atoms with Crippen molar-refractivity contribution in [1.82, 2.24) is 14.8 Å². The van der Waals surface area contributed by atoms with Gasteiger partial charge in [-0.1, -0.05) is 20.8 Å². The van der Waals surface area contributed by atoms with Crippen molar-refractivity contribution in [1.29, 1.82) is 0 Å². The Morgan fingerprint density at radius 3 is 2.60 bits per heavy atom. The first-order valence-corrected chi connectivity index (χ1v) is 8.86. The lowest BCUT2D eigenvalue weighted by Crippen LogP contribution is -2.26. The smallest absolute Gasteiger partial charge is 0.182 e. The van der Waals surface area contributed by atoms with E-state index in [9.17, 15) is 8.78 Å². The van der Waals surface area contributed by atoms with Gasteiger partial charge in [0.1, 0.15) is 12.1 Å². The molecule has 1 aromatic heterocycles. The van der Waals surface area contributed by atoms with Crippen LogP contribution in [0.5, 0.6) is 5.75 Å². The van der Waals surface area contributed by atoms with Crippen molar-refractivity contribution in [3.8, 4) is 5.75 Å². The molecule has 0 saturated carbocycles. The van der Waals surface area contributed by atoms with Gasteiger partial charge in [-0.2, -0.15) is 5.10 Å². The van der Waals surface area contributed by atoms with Crippen LogP contribution in [0.15, 0.2) is 29.7 Å². The second-order valence-corrected chi connectivity index (χ2v) is 7.62. The van der Waals surface area contributed by atoms with E-state index < -0.39 is 11.6 Å². The third-order valence-electron chi connectivity index (χ3n) is 4.31. The minimum absolute atomic E-state index is 0.0936. The fraction of sp³-hybridized carbons (Fsp3) is 0.556. The van der Waals surface area contributed by atoms with Crippen LogP contribution in [0.1, 0.15) is 40.0 Å². The Labute approximate surface area is 153 Å². The summed E-state index contributed by atoms with van der Waals surface area (Å²) in [5, 5.41) is 4.82. The standard InChI is InChI=1S/C18H25F2N3OS/c1-18(2,3)13(11-23-17(25)21-12-22-23)6-4-5-9-24-16-8-7-14(19)10-15(16)20/h7-8,10,12-13H,4-6,9,11H2,1-3H3,(H,21,22,25). The zero-order valence-corrected chi connectivity index (χ0v) is 15.8. The summed E-state index contributed by atoms with van der Waals surface area (Å²) in [6, 6.07) is 3.35. The number of nitrogens with zero attached hydrogens (tertiary/aromatic N) is 3. The van der Waals surface area contributed by atoms with Crippen molar-refractivity contribution in [2.75, 3.05) is 6.61 Å². The SMILES string of the molecule is CC(C)(C)C(CCCCOc1ccc(F)cc1F)Cn1ncnc1S. The van der Waals surface area contributed by atoms with Crippen LogP contribution in [-0.4, -0.2) is 21.4 Å². The van der Waals surface area contributed by atoms with E-state index >= 15 is 0 Å². The number of benzene rings is 1. The van der Waals surface area contributed by atoms with Gasteiger partial charge in [-0.25, -0.2) is 18.4 Å². The van der Waals surface area contributed by atoms with Gasteiger partial charge in [-0.3, -0.25) is 0 Å². The van der Waals surface area contributed by atoms with E-state index in [1.54, 1.807) is 0 Å². The summed E-state index contributed by atoms with van der Waals surface area (Å²) in [5.41, 5.74) is 0.121. The number of ether oxygens (including phenoxy) is 1. The average Bonchev–Trinajstić information content (AvgIpc) is 2.91. The van der Waals surface area contributed by atoms with Crippen LogP contribution in [0.2, 0.25) is 0 Å². The van der Waals surface area contributed by atoms with Crippen LogP contribution in [-0.2, 0) is 6.54 Å². The highest BCUT2D eigenvalue weighted by atomic mass is 32.1. The number of thiol groups is 1. The number of halogens is 2. The van der Waals surface area contributed by atoms with Gasteiger partial charge in [0.2, 0.25) is 0 Å². The summed E-state index contributed by atoms with van der Waals surface area (Å²) < 4.78 is 33.6. The predicted octanol–water partition coefficient (Wildman–Crippen LogP) is 4.76. The van der Waals surface area contributed by atoms with E-state index in [4.69, 9.17) is 4.74 Å². The topological polar surface area (TPSA) is 39.9 Å². The maximum absolute atomic E-state index is 13.5. The van der Waals surface area contributed by atoms with Gasteiger partial charge < -0.3 is 4.74 Å². The molecule has 0 N–H and O–H groups in total. The molecule has 4 nitrogen and oxygen atoms in total. The van der Waals surface area contributed by atoms with Crippen molar-refractivity contribution in [3.05, 3.63) is 36.2 Å². The van der Waals surface area contributed by atoms with Gasteiger partial charge in [0.25, 0.3) is 0 Å². The molecule has 0 saturated heterocycles. The van der Waals surface area contributed by atoms with Gasteiger partial charge >= 0.3 is 0 Å². The van der Waals surface area contributed by atoms with Crippen LogP contribution >= 0.6 is 12.6 Å². The van der Waals surface area contributed by atoms with Crippen LogP contribution in [0.3, 0.4) is 0 Å². The molecule has 0 aliphatic heterocycles. The van der Waals surface area contributed by atoms with Crippen molar-refractivity contribution < 1.29 is 13.5 Å². The second kappa shape index (κ2) is 8.65. The molecule has 1 heterocycles.